The molecule has 0 fully saturated rings. The van der Waals surface area contributed by atoms with E-state index < -0.39 is 34.1 Å². The third-order valence-electron chi connectivity index (χ3n) is 4.26. The van der Waals surface area contributed by atoms with Crippen molar-refractivity contribution >= 4 is 21.6 Å². The number of anilines is 1. The Balaban J connectivity index is 1.92. The van der Waals surface area contributed by atoms with Crippen LogP contribution in [0, 0.1) is 11.6 Å². The lowest BCUT2D eigenvalue weighted by molar-refractivity contribution is -0.119. The van der Waals surface area contributed by atoms with Gasteiger partial charge in [0.25, 0.3) is 0 Å². The molecule has 0 saturated heterocycles. The van der Waals surface area contributed by atoms with Gasteiger partial charge in [-0.15, -0.1) is 0 Å². The first-order valence-corrected chi connectivity index (χ1v) is 11.5. The Bertz CT molecular complexity index is 967. The van der Waals surface area contributed by atoms with Crippen LogP contribution >= 0.6 is 0 Å². The maximum absolute atomic E-state index is 13.5. The van der Waals surface area contributed by atoms with Crippen molar-refractivity contribution in [3.05, 3.63) is 59.7 Å². The highest BCUT2D eigenvalue weighted by Crippen LogP contribution is 2.21. The standard InChI is InChI=1S/C21H26F2N2O4S/c1-3-13-29-20-9-5-4-7-16(20)8-6-12-24-21(26)15-25(30(2,27)28)17-10-11-18(22)19(23)14-17/h4-5,7,9-11,14H,3,6,8,12-13,15H2,1-2H3,(H,24,26). The van der Waals surface area contributed by atoms with Crippen LogP contribution in [0.3, 0.4) is 0 Å². The number of amides is 1. The minimum Gasteiger partial charge on any atom is -0.493 e. The van der Waals surface area contributed by atoms with Crippen LogP contribution in [-0.4, -0.2) is 40.3 Å². The van der Waals surface area contributed by atoms with Crippen molar-refractivity contribution in [2.24, 2.45) is 0 Å². The zero-order valence-electron chi connectivity index (χ0n) is 17.0. The average Bonchev–Trinajstić information content (AvgIpc) is 2.70. The molecule has 0 aliphatic carbocycles. The number of rotatable bonds is 11. The molecule has 0 aromatic heterocycles. The maximum atomic E-state index is 13.5. The molecule has 1 N–H and O–H groups in total. The van der Waals surface area contributed by atoms with Gasteiger partial charge in [0.15, 0.2) is 11.6 Å². The zero-order chi connectivity index (χ0) is 22.1. The fourth-order valence-corrected chi connectivity index (χ4v) is 3.64. The van der Waals surface area contributed by atoms with E-state index in [4.69, 9.17) is 4.74 Å². The average molecular weight is 441 g/mol. The Hall–Kier alpha value is -2.68. The molecule has 164 valence electrons. The van der Waals surface area contributed by atoms with Crippen LogP contribution in [0.1, 0.15) is 25.3 Å². The SMILES string of the molecule is CCCOc1ccccc1CCCNC(=O)CN(c1ccc(F)c(F)c1)S(C)(=O)=O. The highest BCUT2D eigenvalue weighted by Gasteiger charge is 2.22. The smallest absolute Gasteiger partial charge is 0.240 e. The van der Waals surface area contributed by atoms with Gasteiger partial charge in [0.2, 0.25) is 15.9 Å². The number of nitrogens with zero attached hydrogens (tertiary/aromatic N) is 1. The fourth-order valence-electron chi connectivity index (χ4n) is 2.80. The maximum Gasteiger partial charge on any atom is 0.240 e. The molecule has 1 amide bonds. The summed E-state index contributed by atoms with van der Waals surface area (Å²) in [6.45, 7) is 2.45. The van der Waals surface area contributed by atoms with Crippen molar-refractivity contribution in [3.8, 4) is 5.75 Å². The van der Waals surface area contributed by atoms with Gasteiger partial charge in [-0.3, -0.25) is 9.10 Å². The van der Waals surface area contributed by atoms with Crippen molar-refractivity contribution in [2.75, 3.05) is 30.3 Å². The fraction of sp³-hybridized carbons (Fsp3) is 0.381. The van der Waals surface area contributed by atoms with Crippen molar-refractivity contribution in [2.45, 2.75) is 26.2 Å². The lowest BCUT2D eigenvalue weighted by Gasteiger charge is -2.22. The summed E-state index contributed by atoms with van der Waals surface area (Å²) in [4.78, 5) is 12.2. The number of hydrogen-bond donors (Lipinski definition) is 1. The van der Waals surface area contributed by atoms with Crippen molar-refractivity contribution in [1.82, 2.24) is 5.32 Å². The first-order chi connectivity index (χ1) is 14.2. The van der Waals surface area contributed by atoms with E-state index in [1.165, 1.54) is 0 Å². The van der Waals surface area contributed by atoms with Crippen LogP contribution in [0.25, 0.3) is 0 Å². The number of halogens is 2. The van der Waals surface area contributed by atoms with Gasteiger partial charge < -0.3 is 10.1 Å². The molecule has 2 rings (SSSR count). The molecule has 9 heteroatoms. The van der Waals surface area contributed by atoms with E-state index >= 15 is 0 Å². The Morgan fingerprint density at radius 1 is 1.13 bits per heavy atom. The van der Waals surface area contributed by atoms with Crippen LogP contribution in [0.5, 0.6) is 5.75 Å². The molecule has 0 bridgehead atoms. The topological polar surface area (TPSA) is 75.7 Å². The van der Waals surface area contributed by atoms with Crippen molar-refractivity contribution in [1.29, 1.82) is 0 Å². The van der Waals surface area contributed by atoms with Crippen LogP contribution in [0.4, 0.5) is 14.5 Å². The van der Waals surface area contributed by atoms with E-state index in [9.17, 15) is 22.0 Å². The first-order valence-electron chi connectivity index (χ1n) is 9.62. The minimum atomic E-state index is -3.86. The van der Waals surface area contributed by atoms with Gasteiger partial charge in [0.1, 0.15) is 12.3 Å². The quantitative estimate of drug-likeness (QED) is 0.544. The second kappa shape index (κ2) is 10.9. The van der Waals surface area contributed by atoms with E-state index in [0.29, 0.717) is 26.0 Å². The largest absolute Gasteiger partial charge is 0.493 e. The zero-order valence-corrected chi connectivity index (χ0v) is 17.8. The number of carbonyl (C=O) groups excluding carboxylic acids is 1. The molecule has 30 heavy (non-hydrogen) atoms. The third-order valence-corrected chi connectivity index (χ3v) is 5.40. The lowest BCUT2D eigenvalue weighted by Crippen LogP contribution is -2.40. The minimum absolute atomic E-state index is 0.117. The number of hydrogen-bond acceptors (Lipinski definition) is 4. The highest BCUT2D eigenvalue weighted by atomic mass is 32.2. The monoisotopic (exact) mass is 440 g/mol. The molecule has 0 unspecified atom stereocenters. The second-order valence-electron chi connectivity index (χ2n) is 6.78. The van der Waals surface area contributed by atoms with Crippen molar-refractivity contribution in [3.63, 3.8) is 0 Å². The van der Waals surface area contributed by atoms with Gasteiger partial charge in [0.05, 0.1) is 18.6 Å². The lowest BCUT2D eigenvalue weighted by atomic mass is 10.1. The van der Waals surface area contributed by atoms with Gasteiger partial charge in [-0.2, -0.15) is 0 Å². The van der Waals surface area contributed by atoms with E-state index in [1.54, 1.807) is 0 Å². The molecule has 0 radical (unpaired) electrons. The van der Waals surface area contributed by atoms with E-state index in [1.807, 2.05) is 31.2 Å². The normalized spacial score (nSPS) is 11.2. The molecule has 0 atom stereocenters. The molecule has 2 aromatic carbocycles. The summed E-state index contributed by atoms with van der Waals surface area (Å²) in [6, 6.07) is 10.3. The molecule has 0 aliphatic heterocycles. The number of benzene rings is 2. The van der Waals surface area contributed by atoms with Gasteiger partial charge in [-0.1, -0.05) is 25.1 Å². The third kappa shape index (κ3) is 6.98. The Kier molecular flexibility index (Phi) is 8.58. The van der Waals surface area contributed by atoms with Crippen LogP contribution < -0.4 is 14.4 Å². The first kappa shape index (κ1) is 23.6. The predicted molar refractivity (Wildman–Crippen MR) is 112 cm³/mol. The number of ether oxygens (including phenoxy) is 1. The van der Waals surface area contributed by atoms with E-state index in [-0.39, 0.29) is 5.69 Å². The highest BCUT2D eigenvalue weighted by molar-refractivity contribution is 7.92. The summed E-state index contributed by atoms with van der Waals surface area (Å²) in [6.07, 6.45) is 3.11. The molecule has 0 aliphatic rings. The molecule has 6 nitrogen and oxygen atoms in total. The van der Waals surface area contributed by atoms with Gasteiger partial charge >= 0.3 is 0 Å². The molecular weight excluding hydrogens is 414 g/mol. The summed E-state index contributed by atoms with van der Waals surface area (Å²) in [5.74, 6) is -2.02. The van der Waals surface area contributed by atoms with E-state index in [0.717, 1.165) is 46.5 Å². The van der Waals surface area contributed by atoms with Crippen LogP contribution in [0.2, 0.25) is 0 Å². The summed E-state index contributed by atoms with van der Waals surface area (Å²) < 4.78 is 57.1. The molecular formula is C21H26F2N2O4S. The number of carbonyl (C=O) groups is 1. The predicted octanol–water partition coefficient (Wildman–Crippen LogP) is 3.27. The summed E-state index contributed by atoms with van der Waals surface area (Å²) in [5, 5.41) is 2.66. The van der Waals surface area contributed by atoms with Crippen LogP contribution in [0.15, 0.2) is 42.5 Å². The van der Waals surface area contributed by atoms with E-state index in [2.05, 4.69) is 5.32 Å². The molecule has 0 heterocycles. The molecule has 0 saturated carbocycles. The van der Waals surface area contributed by atoms with Gasteiger partial charge in [-0.25, -0.2) is 17.2 Å². The molecule has 2 aromatic rings. The Labute approximate surface area is 175 Å². The summed E-state index contributed by atoms with van der Waals surface area (Å²) in [5.41, 5.74) is 0.910. The number of aryl methyl sites for hydroxylation is 1. The Morgan fingerprint density at radius 2 is 1.87 bits per heavy atom. The Morgan fingerprint density at radius 3 is 2.53 bits per heavy atom. The summed E-state index contributed by atoms with van der Waals surface area (Å²) in [7, 11) is -3.86. The molecule has 0 spiro atoms. The number of para-hydroxylation sites is 1. The van der Waals surface area contributed by atoms with Crippen molar-refractivity contribution < 1.29 is 26.7 Å². The van der Waals surface area contributed by atoms with Crippen LogP contribution in [-0.2, 0) is 21.2 Å². The van der Waals surface area contributed by atoms with Gasteiger partial charge in [0, 0.05) is 12.6 Å². The number of sulfonamides is 1. The number of nitrogens with one attached hydrogen (secondary N) is 1. The second-order valence-corrected chi connectivity index (χ2v) is 8.68. The van der Waals surface area contributed by atoms with Gasteiger partial charge in [-0.05, 0) is 43.0 Å². The summed E-state index contributed by atoms with van der Waals surface area (Å²) >= 11 is 0.